The van der Waals surface area contributed by atoms with Crippen LogP contribution in [0, 0.1) is 28.1 Å². The SMILES string of the molecule is C=CCC(C#N)(C#N)Cc1ccc(OCC)cc1. The van der Waals surface area contributed by atoms with Crippen molar-refractivity contribution in [2.24, 2.45) is 5.41 Å². The quantitative estimate of drug-likeness (QED) is 0.717. The Morgan fingerprint density at radius 1 is 1.28 bits per heavy atom. The first-order valence-corrected chi connectivity index (χ1v) is 5.85. The Morgan fingerprint density at radius 3 is 2.33 bits per heavy atom. The van der Waals surface area contributed by atoms with E-state index >= 15 is 0 Å². The fourth-order valence-corrected chi connectivity index (χ4v) is 1.73. The topological polar surface area (TPSA) is 56.8 Å². The summed E-state index contributed by atoms with van der Waals surface area (Å²) in [7, 11) is 0. The van der Waals surface area contributed by atoms with Crippen LogP contribution < -0.4 is 4.74 Å². The highest BCUT2D eigenvalue weighted by atomic mass is 16.5. The highest BCUT2D eigenvalue weighted by Crippen LogP contribution is 2.27. The van der Waals surface area contributed by atoms with Crippen LogP contribution in [0.3, 0.4) is 0 Å². The number of ether oxygens (including phenoxy) is 1. The average molecular weight is 240 g/mol. The first kappa shape index (κ1) is 13.8. The van der Waals surface area contributed by atoms with Gasteiger partial charge in [0, 0.05) is 6.42 Å². The molecular weight excluding hydrogens is 224 g/mol. The van der Waals surface area contributed by atoms with Gasteiger partial charge in [-0.15, -0.1) is 6.58 Å². The van der Waals surface area contributed by atoms with Gasteiger partial charge in [-0.1, -0.05) is 18.2 Å². The normalized spacial score (nSPS) is 10.2. The molecular formula is C15H16N2O. The van der Waals surface area contributed by atoms with Crippen LogP contribution in [0.5, 0.6) is 5.75 Å². The van der Waals surface area contributed by atoms with Crippen LogP contribution in [-0.2, 0) is 6.42 Å². The Balaban J connectivity index is 2.86. The maximum Gasteiger partial charge on any atom is 0.151 e. The standard InChI is InChI=1S/C15H16N2O/c1-3-9-15(11-16,12-17)10-13-5-7-14(8-6-13)18-4-2/h3,5-8H,1,4,9-10H2,2H3. The van der Waals surface area contributed by atoms with Crippen molar-refractivity contribution in [3.05, 3.63) is 42.5 Å². The summed E-state index contributed by atoms with van der Waals surface area (Å²) in [6, 6.07) is 11.7. The van der Waals surface area contributed by atoms with Gasteiger partial charge in [-0.05, 0) is 31.0 Å². The summed E-state index contributed by atoms with van der Waals surface area (Å²) in [5.41, 5.74) is -0.0714. The molecule has 0 heterocycles. The average Bonchev–Trinajstić information content (AvgIpc) is 2.41. The maximum absolute atomic E-state index is 9.16. The van der Waals surface area contributed by atoms with Crippen molar-refractivity contribution in [3.8, 4) is 17.9 Å². The Hall–Kier alpha value is -2.26. The second-order valence-corrected chi connectivity index (χ2v) is 4.05. The van der Waals surface area contributed by atoms with E-state index in [0.717, 1.165) is 11.3 Å². The smallest absolute Gasteiger partial charge is 0.151 e. The molecule has 0 aliphatic rings. The lowest BCUT2D eigenvalue weighted by atomic mass is 9.81. The van der Waals surface area contributed by atoms with Crippen molar-refractivity contribution in [2.45, 2.75) is 19.8 Å². The molecule has 0 aliphatic heterocycles. The second-order valence-electron chi connectivity index (χ2n) is 4.05. The Kier molecular flexibility index (Phi) is 4.96. The molecule has 1 rings (SSSR count). The van der Waals surface area contributed by atoms with Gasteiger partial charge in [-0.2, -0.15) is 10.5 Å². The van der Waals surface area contributed by atoms with E-state index < -0.39 is 5.41 Å². The number of hydrogen-bond donors (Lipinski definition) is 0. The zero-order valence-corrected chi connectivity index (χ0v) is 10.5. The van der Waals surface area contributed by atoms with Crippen molar-refractivity contribution >= 4 is 0 Å². The summed E-state index contributed by atoms with van der Waals surface area (Å²) < 4.78 is 5.34. The summed E-state index contributed by atoms with van der Waals surface area (Å²) in [6.07, 6.45) is 2.38. The van der Waals surface area contributed by atoms with Gasteiger partial charge in [-0.25, -0.2) is 0 Å². The number of allylic oxidation sites excluding steroid dienone is 1. The third-order valence-corrected chi connectivity index (χ3v) is 2.66. The van der Waals surface area contributed by atoms with Gasteiger partial charge in [-0.3, -0.25) is 0 Å². The van der Waals surface area contributed by atoms with Crippen molar-refractivity contribution in [1.29, 1.82) is 10.5 Å². The van der Waals surface area contributed by atoms with Gasteiger partial charge in [0.2, 0.25) is 0 Å². The van der Waals surface area contributed by atoms with E-state index in [4.69, 9.17) is 15.3 Å². The van der Waals surface area contributed by atoms with Crippen LogP contribution in [0.2, 0.25) is 0 Å². The number of nitrogens with zero attached hydrogens (tertiary/aromatic N) is 2. The maximum atomic E-state index is 9.16. The molecule has 0 aromatic heterocycles. The molecule has 0 radical (unpaired) electrons. The molecule has 92 valence electrons. The van der Waals surface area contributed by atoms with Crippen molar-refractivity contribution in [2.75, 3.05) is 6.61 Å². The highest BCUT2D eigenvalue weighted by Gasteiger charge is 2.28. The molecule has 0 saturated carbocycles. The number of nitriles is 2. The summed E-state index contributed by atoms with van der Waals surface area (Å²) in [4.78, 5) is 0. The van der Waals surface area contributed by atoms with Gasteiger partial charge in [0.1, 0.15) is 5.75 Å². The molecule has 0 aliphatic carbocycles. The molecule has 3 nitrogen and oxygen atoms in total. The van der Waals surface area contributed by atoms with Gasteiger partial charge in [0.15, 0.2) is 5.41 Å². The lowest BCUT2D eigenvalue weighted by Crippen LogP contribution is -2.18. The summed E-state index contributed by atoms with van der Waals surface area (Å²) >= 11 is 0. The highest BCUT2D eigenvalue weighted by molar-refractivity contribution is 5.31. The Morgan fingerprint density at radius 2 is 1.89 bits per heavy atom. The second kappa shape index (κ2) is 6.47. The van der Waals surface area contributed by atoms with Crippen molar-refractivity contribution < 1.29 is 4.74 Å². The van der Waals surface area contributed by atoms with Crippen LogP contribution in [0.4, 0.5) is 0 Å². The molecule has 0 atom stereocenters. The molecule has 0 fully saturated rings. The van der Waals surface area contributed by atoms with Crippen LogP contribution in [0.25, 0.3) is 0 Å². The molecule has 18 heavy (non-hydrogen) atoms. The minimum absolute atomic E-state index is 0.368. The molecule has 1 aromatic rings. The first-order chi connectivity index (χ1) is 8.69. The fourth-order valence-electron chi connectivity index (χ4n) is 1.73. The Labute approximate surface area is 108 Å². The minimum atomic E-state index is -1.02. The Bertz CT molecular complexity index is 463. The lowest BCUT2D eigenvalue weighted by Gasteiger charge is -2.16. The predicted molar refractivity (Wildman–Crippen MR) is 69.8 cm³/mol. The van der Waals surface area contributed by atoms with E-state index in [2.05, 4.69) is 18.7 Å². The van der Waals surface area contributed by atoms with Crippen LogP contribution >= 0.6 is 0 Å². The van der Waals surface area contributed by atoms with Gasteiger partial charge >= 0.3 is 0 Å². The van der Waals surface area contributed by atoms with E-state index in [1.165, 1.54) is 0 Å². The van der Waals surface area contributed by atoms with Gasteiger partial charge < -0.3 is 4.74 Å². The van der Waals surface area contributed by atoms with Crippen LogP contribution in [0.1, 0.15) is 18.9 Å². The number of hydrogen-bond acceptors (Lipinski definition) is 3. The molecule has 0 bridgehead atoms. The third kappa shape index (κ3) is 3.37. The first-order valence-electron chi connectivity index (χ1n) is 5.85. The lowest BCUT2D eigenvalue weighted by molar-refractivity contribution is 0.340. The van der Waals surface area contributed by atoms with Crippen molar-refractivity contribution in [3.63, 3.8) is 0 Å². The fraction of sp³-hybridized carbons (Fsp3) is 0.333. The molecule has 0 N–H and O–H groups in total. The summed E-state index contributed by atoms with van der Waals surface area (Å²) in [6.45, 7) is 6.15. The summed E-state index contributed by atoms with van der Waals surface area (Å²) in [5, 5.41) is 18.3. The molecule has 0 spiro atoms. The largest absolute Gasteiger partial charge is 0.494 e. The number of benzene rings is 1. The van der Waals surface area contributed by atoms with E-state index in [9.17, 15) is 0 Å². The van der Waals surface area contributed by atoms with Gasteiger partial charge in [0.25, 0.3) is 0 Å². The third-order valence-electron chi connectivity index (χ3n) is 2.66. The zero-order valence-electron chi connectivity index (χ0n) is 10.5. The monoisotopic (exact) mass is 240 g/mol. The predicted octanol–water partition coefficient (Wildman–Crippen LogP) is 3.24. The molecule has 3 heteroatoms. The molecule has 0 amide bonds. The molecule has 0 saturated heterocycles. The zero-order chi connectivity index (χ0) is 13.4. The van der Waals surface area contributed by atoms with Crippen LogP contribution in [-0.4, -0.2) is 6.61 Å². The molecule has 1 aromatic carbocycles. The van der Waals surface area contributed by atoms with E-state index in [0.29, 0.717) is 19.4 Å². The minimum Gasteiger partial charge on any atom is -0.494 e. The van der Waals surface area contributed by atoms with Crippen molar-refractivity contribution in [1.82, 2.24) is 0 Å². The van der Waals surface area contributed by atoms with Gasteiger partial charge in [0.05, 0.1) is 18.7 Å². The van der Waals surface area contributed by atoms with E-state index in [1.807, 2.05) is 31.2 Å². The van der Waals surface area contributed by atoms with Crippen LogP contribution in [0.15, 0.2) is 36.9 Å². The summed E-state index contributed by atoms with van der Waals surface area (Å²) in [5.74, 6) is 0.796. The number of rotatable bonds is 6. The van der Waals surface area contributed by atoms with E-state index in [1.54, 1.807) is 6.08 Å². The molecule has 0 unspecified atom stereocenters. The van der Waals surface area contributed by atoms with E-state index in [-0.39, 0.29) is 0 Å².